The van der Waals surface area contributed by atoms with Crippen LogP contribution in [0.15, 0.2) is 46.2 Å². The number of carbonyl (C=O) groups is 1. The minimum Gasteiger partial charge on any atom is -0.397 e. The Hall–Kier alpha value is -1.59. The molecule has 0 aliphatic heterocycles. The van der Waals surface area contributed by atoms with E-state index < -0.39 is 0 Å². The van der Waals surface area contributed by atoms with Gasteiger partial charge in [-0.15, -0.1) is 25.3 Å². The fraction of sp³-hybridized carbons (Fsp3) is 0. The normalized spacial score (nSPS) is 10.3. The van der Waals surface area contributed by atoms with Gasteiger partial charge in [-0.1, -0.05) is 12.1 Å². The number of benzene rings is 2. The quantitative estimate of drug-likeness (QED) is 0.387. The monoisotopic (exact) mass is 276 g/mol. The second-order valence-electron chi connectivity index (χ2n) is 3.81. The second-order valence-corrected chi connectivity index (χ2v) is 4.77. The minimum absolute atomic E-state index is 0.225. The SMILES string of the molecule is Nc1c(S)cccc1C(=O)c1cccc(S)c1N. The maximum Gasteiger partial charge on any atom is 0.197 e. The van der Waals surface area contributed by atoms with Crippen molar-refractivity contribution in [2.24, 2.45) is 0 Å². The summed E-state index contributed by atoms with van der Waals surface area (Å²) in [6.45, 7) is 0. The molecule has 0 radical (unpaired) electrons. The highest BCUT2D eigenvalue weighted by molar-refractivity contribution is 7.80. The van der Waals surface area contributed by atoms with Crippen LogP contribution in [-0.4, -0.2) is 5.78 Å². The van der Waals surface area contributed by atoms with Crippen LogP contribution in [-0.2, 0) is 0 Å². The van der Waals surface area contributed by atoms with E-state index in [4.69, 9.17) is 11.5 Å². The molecule has 3 nitrogen and oxygen atoms in total. The van der Waals surface area contributed by atoms with E-state index in [9.17, 15) is 4.79 Å². The van der Waals surface area contributed by atoms with Crippen molar-refractivity contribution in [1.29, 1.82) is 0 Å². The van der Waals surface area contributed by atoms with Crippen LogP contribution >= 0.6 is 25.3 Å². The molecule has 2 aromatic rings. The first-order valence-electron chi connectivity index (χ1n) is 5.22. The summed E-state index contributed by atoms with van der Waals surface area (Å²) >= 11 is 8.39. The number of carbonyl (C=O) groups excluding carboxylic acids is 1. The van der Waals surface area contributed by atoms with E-state index in [0.717, 1.165) is 0 Å². The largest absolute Gasteiger partial charge is 0.397 e. The number of nitrogen functional groups attached to an aromatic ring is 2. The van der Waals surface area contributed by atoms with E-state index in [2.05, 4.69) is 25.3 Å². The Balaban J connectivity index is 2.55. The van der Waals surface area contributed by atoms with Gasteiger partial charge in [-0.3, -0.25) is 4.79 Å². The molecular formula is C13H12N2OS2. The Morgan fingerprint density at radius 1 is 0.833 bits per heavy atom. The molecule has 0 aliphatic carbocycles. The molecule has 18 heavy (non-hydrogen) atoms. The van der Waals surface area contributed by atoms with Gasteiger partial charge in [0.15, 0.2) is 5.78 Å². The molecule has 0 saturated heterocycles. The molecule has 4 N–H and O–H groups in total. The van der Waals surface area contributed by atoms with Gasteiger partial charge in [0.05, 0.1) is 11.4 Å². The predicted molar refractivity (Wildman–Crippen MR) is 79.6 cm³/mol. The summed E-state index contributed by atoms with van der Waals surface area (Å²) in [5.41, 5.74) is 13.2. The molecule has 0 spiro atoms. The molecule has 0 fully saturated rings. The predicted octanol–water partition coefficient (Wildman–Crippen LogP) is 2.66. The first-order valence-corrected chi connectivity index (χ1v) is 6.11. The summed E-state index contributed by atoms with van der Waals surface area (Å²) < 4.78 is 0. The van der Waals surface area contributed by atoms with Crippen molar-refractivity contribution >= 4 is 42.4 Å². The third kappa shape index (κ3) is 2.19. The Labute approximate surface area is 116 Å². The lowest BCUT2D eigenvalue weighted by Crippen LogP contribution is -2.09. The highest BCUT2D eigenvalue weighted by Gasteiger charge is 2.16. The van der Waals surface area contributed by atoms with Gasteiger partial charge in [-0.05, 0) is 24.3 Å². The smallest absolute Gasteiger partial charge is 0.197 e. The summed E-state index contributed by atoms with van der Waals surface area (Å²) in [6, 6.07) is 10.2. The highest BCUT2D eigenvalue weighted by atomic mass is 32.1. The van der Waals surface area contributed by atoms with Crippen LogP contribution in [0.1, 0.15) is 15.9 Å². The number of anilines is 2. The maximum absolute atomic E-state index is 12.4. The van der Waals surface area contributed by atoms with E-state index in [-0.39, 0.29) is 5.78 Å². The van der Waals surface area contributed by atoms with Crippen LogP contribution < -0.4 is 11.5 Å². The van der Waals surface area contributed by atoms with Crippen LogP contribution in [0, 0.1) is 0 Å². The summed E-state index contributed by atoms with van der Waals surface area (Å²) in [5, 5.41) is 0. The Morgan fingerprint density at radius 2 is 1.22 bits per heavy atom. The number of ketones is 1. The first-order chi connectivity index (χ1) is 8.52. The molecule has 2 rings (SSSR count). The average molecular weight is 276 g/mol. The third-order valence-corrected chi connectivity index (χ3v) is 3.44. The number of nitrogens with two attached hydrogens (primary N) is 2. The summed E-state index contributed by atoms with van der Waals surface area (Å²) in [7, 11) is 0. The van der Waals surface area contributed by atoms with Gasteiger partial charge >= 0.3 is 0 Å². The first kappa shape index (κ1) is 12.9. The molecule has 2 aromatic carbocycles. The second kappa shape index (κ2) is 4.96. The van der Waals surface area contributed by atoms with Crippen molar-refractivity contribution in [3.8, 4) is 0 Å². The third-order valence-electron chi connectivity index (χ3n) is 2.66. The van der Waals surface area contributed by atoms with Crippen molar-refractivity contribution in [2.45, 2.75) is 9.79 Å². The summed E-state index contributed by atoms with van der Waals surface area (Å²) in [5.74, 6) is -0.225. The zero-order valence-corrected chi connectivity index (χ0v) is 11.2. The molecular weight excluding hydrogens is 264 g/mol. The molecule has 5 heteroatoms. The lowest BCUT2D eigenvalue weighted by atomic mass is 10.0. The number of thiol groups is 2. The van der Waals surface area contributed by atoms with Gasteiger partial charge in [0, 0.05) is 20.9 Å². The Bertz CT molecular complexity index is 573. The number of rotatable bonds is 2. The van der Waals surface area contributed by atoms with Gasteiger partial charge in [0.1, 0.15) is 0 Å². The molecule has 0 amide bonds. The fourth-order valence-corrected chi connectivity index (χ4v) is 2.06. The number of hydrogen-bond donors (Lipinski definition) is 4. The Morgan fingerprint density at radius 3 is 1.61 bits per heavy atom. The maximum atomic E-state index is 12.4. The molecule has 0 aliphatic rings. The fourth-order valence-electron chi connectivity index (χ4n) is 1.65. The average Bonchev–Trinajstić information content (AvgIpc) is 2.35. The van der Waals surface area contributed by atoms with Crippen LogP contribution in [0.25, 0.3) is 0 Å². The van der Waals surface area contributed by atoms with E-state index >= 15 is 0 Å². The van der Waals surface area contributed by atoms with Crippen molar-refractivity contribution in [1.82, 2.24) is 0 Å². The van der Waals surface area contributed by atoms with Crippen LogP contribution in [0.2, 0.25) is 0 Å². The zero-order chi connectivity index (χ0) is 13.3. The van der Waals surface area contributed by atoms with Crippen molar-refractivity contribution in [2.75, 3.05) is 11.5 Å². The molecule has 0 saturated carbocycles. The zero-order valence-electron chi connectivity index (χ0n) is 9.42. The van der Waals surface area contributed by atoms with Crippen LogP contribution in [0.4, 0.5) is 11.4 Å². The Kier molecular flexibility index (Phi) is 3.54. The molecule has 92 valence electrons. The van der Waals surface area contributed by atoms with Gasteiger partial charge in [-0.2, -0.15) is 0 Å². The number of para-hydroxylation sites is 2. The molecule has 0 aromatic heterocycles. The van der Waals surface area contributed by atoms with Crippen molar-refractivity contribution < 1.29 is 4.79 Å². The van der Waals surface area contributed by atoms with E-state index in [1.54, 1.807) is 36.4 Å². The molecule has 0 bridgehead atoms. The standard InChI is InChI=1S/C13H12N2OS2/c14-11-7(3-1-5-9(11)17)13(16)8-4-2-6-10(18)12(8)15/h1-6,17-18H,14-15H2. The van der Waals surface area contributed by atoms with E-state index in [1.807, 2.05) is 0 Å². The van der Waals surface area contributed by atoms with Crippen molar-refractivity contribution in [3.63, 3.8) is 0 Å². The van der Waals surface area contributed by atoms with Gasteiger partial charge in [0.25, 0.3) is 0 Å². The lowest BCUT2D eigenvalue weighted by molar-refractivity contribution is 0.104. The van der Waals surface area contributed by atoms with Gasteiger partial charge in [0.2, 0.25) is 0 Å². The van der Waals surface area contributed by atoms with Gasteiger partial charge in [-0.25, -0.2) is 0 Å². The molecule has 0 unspecified atom stereocenters. The van der Waals surface area contributed by atoms with E-state index in [0.29, 0.717) is 32.3 Å². The molecule has 0 atom stereocenters. The highest BCUT2D eigenvalue weighted by Crippen LogP contribution is 2.27. The topological polar surface area (TPSA) is 69.1 Å². The van der Waals surface area contributed by atoms with Gasteiger partial charge < -0.3 is 11.5 Å². The minimum atomic E-state index is -0.225. The van der Waals surface area contributed by atoms with E-state index in [1.165, 1.54) is 0 Å². The van der Waals surface area contributed by atoms with Crippen LogP contribution in [0.3, 0.4) is 0 Å². The lowest BCUT2D eigenvalue weighted by Gasteiger charge is -2.09. The number of hydrogen-bond acceptors (Lipinski definition) is 5. The summed E-state index contributed by atoms with van der Waals surface area (Å²) in [6.07, 6.45) is 0. The summed E-state index contributed by atoms with van der Waals surface area (Å²) in [4.78, 5) is 13.5. The molecule has 0 heterocycles. The van der Waals surface area contributed by atoms with Crippen molar-refractivity contribution in [3.05, 3.63) is 47.5 Å². The van der Waals surface area contributed by atoms with Crippen LogP contribution in [0.5, 0.6) is 0 Å².